The predicted octanol–water partition coefficient (Wildman–Crippen LogP) is 4.72. The molecular weight excluding hydrogens is 524 g/mol. The third kappa shape index (κ3) is 4.84. The van der Waals surface area contributed by atoms with Gasteiger partial charge >= 0.3 is 0 Å². The summed E-state index contributed by atoms with van der Waals surface area (Å²) >= 11 is 6.42. The van der Waals surface area contributed by atoms with E-state index in [1.807, 2.05) is 57.8 Å². The number of anilines is 1. The number of rotatable bonds is 6. The third-order valence-electron chi connectivity index (χ3n) is 7.74. The van der Waals surface area contributed by atoms with Crippen LogP contribution in [0.5, 0.6) is 0 Å². The van der Waals surface area contributed by atoms with Crippen molar-refractivity contribution in [1.82, 2.24) is 24.1 Å². The van der Waals surface area contributed by atoms with Gasteiger partial charge in [0.05, 0.1) is 17.4 Å². The maximum atomic E-state index is 13.5. The highest BCUT2D eigenvalue weighted by molar-refractivity contribution is 6.31. The maximum Gasteiger partial charge on any atom is 0.263 e. The number of carbonyl (C=O) groups is 1. The van der Waals surface area contributed by atoms with Gasteiger partial charge in [-0.25, -0.2) is 0 Å². The highest BCUT2D eigenvalue weighted by Gasteiger charge is 2.27. The van der Waals surface area contributed by atoms with Crippen molar-refractivity contribution in [3.05, 3.63) is 105 Å². The second-order valence-corrected chi connectivity index (χ2v) is 10.9. The standard InChI is InChI=1S/C31H31ClN6O2/c1-21-8-7-10-24(18-21)36-17-16-35(19-22(36)2)29(39)15-14-28-33-34-31-37(20-23-9-3-5-12-26(23)32)30(40)25-11-4-6-13-27(25)38(28)31/h3-13,18,22H,14-17,19-20H2,1-2H3/t22-/m1/s1. The first-order chi connectivity index (χ1) is 19.4. The molecule has 8 nitrogen and oxygen atoms in total. The topological polar surface area (TPSA) is 75.7 Å². The predicted molar refractivity (Wildman–Crippen MR) is 158 cm³/mol. The van der Waals surface area contributed by atoms with Crippen LogP contribution in [0.2, 0.25) is 5.02 Å². The lowest BCUT2D eigenvalue weighted by Crippen LogP contribution is -2.53. The van der Waals surface area contributed by atoms with E-state index in [1.165, 1.54) is 11.3 Å². The van der Waals surface area contributed by atoms with E-state index in [9.17, 15) is 9.59 Å². The van der Waals surface area contributed by atoms with Crippen molar-refractivity contribution >= 4 is 39.9 Å². The molecule has 1 aliphatic heterocycles. The van der Waals surface area contributed by atoms with Crippen molar-refractivity contribution in [2.45, 2.75) is 39.3 Å². The van der Waals surface area contributed by atoms with Gasteiger partial charge in [0, 0.05) is 49.2 Å². The molecule has 3 heterocycles. The van der Waals surface area contributed by atoms with Gasteiger partial charge in [0.25, 0.3) is 5.56 Å². The van der Waals surface area contributed by atoms with Gasteiger partial charge in [0.2, 0.25) is 11.7 Å². The lowest BCUT2D eigenvalue weighted by Gasteiger charge is -2.41. The van der Waals surface area contributed by atoms with Gasteiger partial charge in [-0.05, 0) is 55.3 Å². The van der Waals surface area contributed by atoms with Crippen LogP contribution in [0, 0.1) is 6.92 Å². The largest absolute Gasteiger partial charge is 0.365 e. The molecule has 0 N–H and O–H groups in total. The van der Waals surface area contributed by atoms with Crippen molar-refractivity contribution in [3.63, 3.8) is 0 Å². The zero-order chi connectivity index (χ0) is 27.8. The molecular formula is C31H31ClN6O2. The van der Waals surface area contributed by atoms with Gasteiger partial charge in [0.15, 0.2) is 0 Å². The van der Waals surface area contributed by atoms with E-state index < -0.39 is 0 Å². The molecule has 3 aromatic carbocycles. The molecule has 0 spiro atoms. The van der Waals surface area contributed by atoms with Gasteiger partial charge in [-0.15, -0.1) is 10.2 Å². The molecule has 204 valence electrons. The molecule has 0 saturated carbocycles. The number of hydrogen-bond acceptors (Lipinski definition) is 5. The summed E-state index contributed by atoms with van der Waals surface area (Å²) in [6.45, 7) is 6.68. The number of hydrogen-bond donors (Lipinski definition) is 0. The van der Waals surface area contributed by atoms with Crippen molar-refractivity contribution in [2.24, 2.45) is 0 Å². The minimum absolute atomic E-state index is 0.0983. The zero-order valence-electron chi connectivity index (χ0n) is 22.6. The van der Waals surface area contributed by atoms with Gasteiger partial charge < -0.3 is 9.80 Å². The summed E-state index contributed by atoms with van der Waals surface area (Å²) in [6.07, 6.45) is 0.733. The van der Waals surface area contributed by atoms with Crippen LogP contribution in [0.25, 0.3) is 16.7 Å². The second-order valence-electron chi connectivity index (χ2n) is 10.5. The quantitative estimate of drug-likeness (QED) is 0.303. The van der Waals surface area contributed by atoms with Crippen molar-refractivity contribution in [1.29, 1.82) is 0 Å². The molecule has 1 atom stereocenters. The van der Waals surface area contributed by atoms with Crippen molar-refractivity contribution in [2.75, 3.05) is 24.5 Å². The molecule has 1 fully saturated rings. The van der Waals surface area contributed by atoms with Gasteiger partial charge in [-0.2, -0.15) is 0 Å². The molecule has 6 rings (SSSR count). The molecule has 0 bridgehead atoms. The highest BCUT2D eigenvalue weighted by atomic mass is 35.5. The van der Waals surface area contributed by atoms with Gasteiger partial charge in [-0.3, -0.25) is 18.6 Å². The molecule has 0 radical (unpaired) electrons. The summed E-state index contributed by atoms with van der Waals surface area (Å²) in [5.74, 6) is 1.19. The lowest BCUT2D eigenvalue weighted by molar-refractivity contribution is -0.131. The fourth-order valence-electron chi connectivity index (χ4n) is 5.67. The fourth-order valence-corrected chi connectivity index (χ4v) is 5.86. The average Bonchev–Trinajstić information content (AvgIpc) is 3.39. The molecule has 40 heavy (non-hydrogen) atoms. The van der Waals surface area contributed by atoms with Crippen molar-refractivity contribution in [3.8, 4) is 0 Å². The van der Waals surface area contributed by atoms with Crippen LogP contribution in [-0.2, 0) is 17.8 Å². The Labute approximate surface area is 237 Å². The number of nitrogens with zero attached hydrogens (tertiary/aromatic N) is 6. The Morgan fingerprint density at radius 1 is 1.00 bits per heavy atom. The Hall–Kier alpha value is -4.17. The van der Waals surface area contributed by atoms with E-state index in [2.05, 4.69) is 53.2 Å². The van der Waals surface area contributed by atoms with Crippen LogP contribution in [0.1, 0.15) is 30.3 Å². The maximum absolute atomic E-state index is 13.5. The first kappa shape index (κ1) is 26.1. The van der Waals surface area contributed by atoms with E-state index in [-0.39, 0.29) is 24.1 Å². The van der Waals surface area contributed by atoms with E-state index in [0.29, 0.717) is 47.9 Å². The summed E-state index contributed by atoms with van der Waals surface area (Å²) in [4.78, 5) is 31.1. The van der Waals surface area contributed by atoms with Crippen LogP contribution in [0.4, 0.5) is 5.69 Å². The number of fused-ring (bicyclic) bond motifs is 3. The Kier molecular flexibility index (Phi) is 7.02. The second kappa shape index (κ2) is 10.8. The lowest BCUT2D eigenvalue weighted by atomic mass is 10.1. The zero-order valence-corrected chi connectivity index (χ0v) is 23.4. The van der Waals surface area contributed by atoms with Crippen molar-refractivity contribution < 1.29 is 4.79 Å². The SMILES string of the molecule is Cc1cccc(N2CCN(C(=O)CCc3nnc4n(Cc5ccccc5Cl)c(=O)c5ccccc5n34)C[C@H]2C)c1. The van der Waals surface area contributed by atoms with Crippen LogP contribution in [0.3, 0.4) is 0 Å². The minimum atomic E-state index is -0.154. The Bertz CT molecular complexity index is 1780. The monoisotopic (exact) mass is 554 g/mol. The number of carbonyl (C=O) groups excluding carboxylic acids is 1. The Balaban J connectivity index is 1.24. The molecule has 5 aromatic rings. The summed E-state index contributed by atoms with van der Waals surface area (Å²) in [7, 11) is 0. The Morgan fingerprint density at radius 3 is 2.60 bits per heavy atom. The molecule has 0 unspecified atom stereocenters. The molecule has 9 heteroatoms. The van der Waals surface area contributed by atoms with E-state index >= 15 is 0 Å². The number of benzene rings is 3. The van der Waals surface area contributed by atoms with E-state index in [4.69, 9.17) is 11.6 Å². The minimum Gasteiger partial charge on any atom is -0.365 e. The van der Waals surface area contributed by atoms with Crippen LogP contribution in [-0.4, -0.2) is 55.6 Å². The molecule has 2 aromatic heterocycles. The number of para-hydroxylation sites is 1. The molecule has 1 saturated heterocycles. The number of halogens is 1. The fraction of sp³-hybridized carbons (Fsp3) is 0.290. The summed E-state index contributed by atoms with van der Waals surface area (Å²) in [5.41, 5.74) is 3.82. The van der Waals surface area contributed by atoms with E-state index in [1.54, 1.807) is 4.57 Å². The van der Waals surface area contributed by atoms with E-state index in [0.717, 1.165) is 17.6 Å². The number of aromatic nitrogens is 4. The highest BCUT2D eigenvalue weighted by Crippen LogP contribution is 2.23. The number of piperazine rings is 1. The average molecular weight is 555 g/mol. The first-order valence-electron chi connectivity index (χ1n) is 13.6. The summed E-state index contributed by atoms with van der Waals surface area (Å²) < 4.78 is 3.51. The smallest absolute Gasteiger partial charge is 0.263 e. The molecule has 1 aliphatic rings. The summed E-state index contributed by atoms with van der Waals surface area (Å²) in [6, 6.07) is 23.6. The third-order valence-corrected chi connectivity index (χ3v) is 8.11. The first-order valence-corrected chi connectivity index (χ1v) is 14.0. The van der Waals surface area contributed by atoms with Crippen LogP contribution in [0.15, 0.2) is 77.6 Å². The Morgan fingerprint density at radius 2 is 1.80 bits per heavy atom. The normalized spacial score (nSPS) is 15.7. The van der Waals surface area contributed by atoms with Gasteiger partial charge in [0.1, 0.15) is 5.82 Å². The van der Waals surface area contributed by atoms with Crippen LogP contribution < -0.4 is 10.5 Å². The molecule has 0 aliphatic carbocycles. The number of aryl methyl sites for hydroxylation is 2. The summed E-state index contributed by atoms with van der Waals surface area (Å²) in [5, 5.41) is 10.0. The van der Waals surface area contributed by atoms with Gasteiger partial charge in [-0.1, -0.05) is 54.1 Å². The molecule has 1 amide bonds. The number of amides is 1. The van der Waals surface area contributed by atoms with Crippen LogP contribution >= 0.6 is 11.6 Å².